The molecule has 1 N–H and O–H groups in total. The molecule has 6 aromatic rings. The maximum atomic E-state index is 14.1. The van der Waals surface area contributed by atoms with Crippen LogP contribution < -0.4 is 5.56 Å². The van der Waals surface area contributed by atoms with E-state index in [1.807, 2.05) is 59.2 Å². The Balaban J connectivity index is 1.71. The number of aromatic amines is 1. The van der Waals surface area contributed by atoms with E-state index < -0.39 is 17.4 Å². The largest absolute Gasteiger partial charge is 0.433 e. The van der Waals surface area contributed by atoms with Crippen LogP contribution in [0.2, 0.25) is 0 Å². The summed E-state index contributed by atoms with van der Waals surface area (Å²) in [5.41, 5.74) is 0.886. The minimum atomic E-state index is -4.73. The van der Waals surface area contributed by atoms with E-state index >= 15 is 0 Å². The Morgan fingerprint density at radius 3 is 2.14 bits per heavy atom. The average molecular weight is 485 g/mol. The number of nitrogens with one attached hydrogen (secondary N) is 1. The highest BCUT2D eigenvalue weighted by Crippen LogP contribution is 2.38. The molecule has 0 aliphatic rings. The number of benzene rings is 3. The number of imidazole rings is 1. The van der Waals surface area contributed by atoms with E-state index in [2.05, 4.69) is 10.1 Å². The molecule has 3 aromatic heterocycles. The fraction of sp³-hybridized carbons (Fsp3) is 0.0741. The molecule has 178 valence electrons. The van der Waals surface area contributed by atoms with Gasteiger partial charge >= 0.3 is 6.18 Å². The van der Waals surface area contributed by atoms with Gasteiger partial charge in [0.25, 0.3) is 5.56 Å². The molecule has 6 rings (SSSR count). The van der Waals surface area contributed by atoms with Crippen LogP contribution in [0.4, 0.5) is 13.2 Å². The molecule has 3 heterocycles. The van der Waals surface area contributed by atoms with Crippen molar-refractivity contribution in [3.63, 3.8) is 0 Å². The number of H-pyrrole nitrogens is 1. The predicted octanol–water partition coefficient (Wildman–Crippen LogP) is 6.02. The first-order valence-corrected chi connectivity index (χ1v) is 11.2. The molecule has 0 spiro atoms. The van der Waals surface area contributed by atoms with Crippen LogP contribution in [-0.2, 0) is 6.18 Å². The molecule has 0 amide bonds. The van der Waals surface area contributed by atoms with Crippen LogP contribution in [0.25, 0.3) is 44.9 Å². The summed E-state index contributed by atoms with van der Waals surface area (Å²) >= 11 is 0. The van der Waals surface area contributed by atoms with Crippen LogP contribution in [0.3, 0.4) is 0 Å². The van der Waals surface area contributed by atoms with Crippen LogP contribution in [-0.4, -0.2) is 24.1 Å². The zero-order valence-electron chi connectivity index (χ0n) is 18.9. The lowest BCUT2D eigenvalue weighted by Gasteiger charge is -2.11. The zero-order valence-corrected chi connectivity index (χ0v) is 18.9. The molecule has 0 atom stereocenters. The van der Waals surface area contributed by atoms with Crippen molar-refractivity contribution in [1.29, 1.82) is 0 Å². The summed E-state index contributed by atoms with van der Waals surface area (Å²) in [5, 5.41) is 2.28. The molecule has 0 aliphatic heterocycles. The highest BCUT2D eigenvalue weighted by molar-refractivity contribution is 5.85. The second kappa shape index (κ2) is 7.94. The average Bonchev–Trinajstić information content (AvgIpc) is 3.44. The van der Waals surface area contributed by atoms with Crippen LogP contribution in [0, 0.1) is 6.92 Å². The summed E-state index contributed by atoms with van der Waals surface area (Å²) in [6, 6.07) is 24.9. The van der Waals surface area contributed by atoms with Gasteiger partial charge in [0.2, 0.25) is 0 Å². The Hall–Kier alpha value is -4.66. The summed E-state index contributed by atoms with van der Waals surface area (Å²) in [6.45, 7) is 1.61. The smallest absolute Gasteiger partial charge is 0.292 e. The molecule has 0 radical (unpaired) electrons. The quantitative estimate of drug-likeness (QED) is 0.333. The maximum absolute atomic E-state index is 14.1. The fourth-order valence-corrected chi connectivity index (χ4v) is 4.55. The van der Waals surface area contributed by atoms with E-state index in [-0.39, 0.29) is 22.5 Å². The van der Waals surface area contributed by atoms with Gasteiger partial charge in [0, 0.05) is 5.69 Å². The standard InChI is InChI=1S/C27H18F3N5O/c1-16-21(24-32-19-14-8-9-15-20(19)34(24)18-12-6-3-7-13-18)26(36)35-25(31-16)22(17-10-4-2-5-11-17)23(33-35)27(28,29)30/h2-15,33H,1H3. The highest BCUT2D eigenvalue weighted by Gasteiger charge is 2.38. The number of aryl methyl sites for hydroxylation is 1. The van der Waals surface area contributed by atoms with Crippen LogP contribution in [0.5, 0.6) is 0 Å². The third-order valence-corrected chi connectivity index (χ3v) is 6.11. The minimum Gasteiger partial charge on any atom is -0.292 e. The van der Waals surface area contributed by atoms with Crippen LogP contribution >= 0.6 is 0 Å². The van der Waals surface area contributed by atoms with Crippen molar-refractivity contribution in [3.8, 4) is 28.2 Å². The summed E-state index contributed by atoms with van der Waals surface area (Å²) in [4.78, 5) is 23.0. The molecular formula is C27H18F3N5O. The lowest BCUT2D eigenvalue weighted by atomic mass is 10.1. The number of nitrogens with zero attached hydrogens (tertiary/aromatic N) is 4. The predicted molar refractivity (Wildman–Crippen MR) is 131 cm³/mol. The van der Waals surface area contributed by atoms with Crippen LogP contribution in [0.1, 0.15) is 11.4 Å². The van der Waals surface area contributed by atoms with E-state index in [1.165, 1.54) is 0 Å². The number of rotatable bonds is 3. The topological polar surface area (TPSA) is 68.0 Å². The summed E-state index contributed by atoms with van der Waals surface area (Å²) in [7, 11) is 0. The van der Waals surface area contributed by atoms with Gasteiger partial charge < -0.3 is 0 Å². The normalized spacial score (nSPS) is 12.0. The van der Waals surface area contributed by atoms with E-state index in [9.17, 15) is 18.0 Å². The van der Waals surface area contributed by atoms with Gasteiger partial charge in [-0.25, -0.2) is 9.97 Å². The highest BCUT2D eigenvalue weighted by atomic mass is 19.4. The van der Waals surface area contributed by atoms with Gasteiger partial charge in [-0.15, -0.1) is 0 Å². The number of fused-ring (bicyclic) bond motifs is 2. The molecule has 36 heavy (non-hydrogen) atoms. The van der Waals surface area contributed by atoms with Crippen molar-refractivity contribution in [2.75, 3.05) is 0 Å². The van der Waals surface area contributed by atoms with Crippen molar-refractivity contribution in [1.82, 2.24) is 24.1 Å². The van der Waals surface area contributed by atoms with Crippen molar-refractivity contribution < 1.29 is 13.2 Å². The first kappa shape index (κ1) is 21.8. The second-order valence-electron chi connectivity index (χ2n) is 8.36. The Morgan fingerprint density at radius 2 is 1.44 bits per heavy atom. The molecule has 6 nitrogen and oxygen atoms in total. The number of para-hydroxylation sites is 3. The third kappa shape index (κ3) is 3.31. The Labute approximate surface area is 202 Å². The summed E-state index contributed by atoms with van der Waals surface area (Å²) in [5.74, 6) is 0.302. The van der Waals surface area contributed by atoms with E-state index in [0.717, 1.165) is 15.7 Å². The van der Waals surface area contributed by atoms with E-state index in [4.69, 9.17) is 4.98 Å². The SMILES string of the molecule is Cc1nc2c(-c3ccccc3)c(C(F)(F)F)[nH]n2c(=O)c1-c1nc2ccccc2n1-c1ccccc1. The second-order valence-corrected chi connectivity index (χ2v) is 8.36. The molecule has 3 aromatic carbocycles. The molecule has 0 bridgehead atoms. The zero-order chi connectivity index (χ0) is 25.0. The number of aromatic nitrogens is 5. The minimum absolute atomic E-state index is 0.0952. The third-order valence-electron chi connectivity index (χ3n) is 6.11. The van der Waals surface area contributed by atoms with Gasteiger partial charge in [-0.2, -0.15) is 17.7 Å². The van der Waals surface area contributed by atoms with Crippen molar-refractivity contribution in [3.05, 3.63) is 107 Å². The van der Waals surface area contributed by atoms with Gasteiger partial charge in [-0.05, 0) is 36.8 Å². The summed E-state index contributed by atoms with van der Waals surface area (Å²) in [6.07, 6.45) is -4.73. The van der Waals surface area contributed by atoms with Crippen molar-refractivity contribution in [2.45, 2.75) is 13.1 Å². The molecular weight excluding hydrogens is 467 g/mol. The Kier molecular flexibility index (Phi) is 4.82. The lowest BCUT2D eigenvalue weighted by molar-refractivity contribution is -0.140. The molecule has 9 heteroatoms. The number of alkyl halides is 3. The Morgan fingerprint density at radius 1 is 0.806 bits per heavy atom. The summed E-state index contributed by atoms with van der Waals surface area (Å²) < 4.78 is 44.9. The van der Waals surface area contributed by atoms with Gasteiger partial charge in [0.15, 0.2) is 11.5 Å². The first-order chi connectivity index (χ1) is 17.3. The monoisotopic (exact) mass is 485 g/mol. The van der Waals surface area contributed by atoms with Crippen molar-refractivity contribution in [2.24, 2.45) is 0 Å². The van der Waals surface area contributed by atoms with Crippen molar-refractivity contribution >= 4 is 16.7 Å². The molecule has 0 unspecified atom stereocenters. The number of hydrogen-bond acceptors (Lipinski definition) is 3. The first-order valence-electron chi connectivity index (χ1n) is 11.2. The van der Waals surface area contributed by atoms with Gasteiger partial charge in [0.1, 0.15) is 11.3 Å². The number of halogens is 3. The van der Waals surface area contributed by atoms with Gasteiger partial charge in [0.05, 0.1) is 22.3 Å². The molecule has 0 fully saturated rings. The number of hydrogen-bond donors (Lipinski definition) is 1. The van der Waals surface area contributed by atoms with Crippen LogP contribution in [0.15, 0.2) is 89.7 Å². The maximum Gasteiger partial charge on any atom is 0.433 e. The van der Waals surface area contributed by atoms with E-state index in [1.54, 1.807) is 37.3 Å². The molecule has 0 saturated carbocycles. The Bertz CT molecular complexity index is 1800. The molecule has 0 aliphatic carbocycles. The fourth-order valence-electron chi connectivity index (χ4n) is 4.55. The van der Waals surface area contributed by atoms with Gasteiger partial charge in [-0.1, -0.05) is 60.7 Å². The van der Waals surface area contributed by atoms with Gasteiger partial charge in [-0.3, -0.25) is 14.5 Å². The van der Waals surface area contributed by atoms with E-state index in [0.29, 0.717) is 16.9 Å². The molecule has 0 saturated heterocycles. The lowest BCUT2D eigenvalue weighted by Crippen LogP contribution is -2.21.